The standard InChI is InChI=1S/C37H36ClF2N7O5S/c1-18-10-20(52-46-18)13-42-32-28-24-16-49-15-23(24)26(29(38)30(28)43-34(44-32)50-17-37-8-5-9-47(37)14-19(39)11-37)21-6-7-25(40)31-27(21)22(12-41)33(53-31)45-35(48)51-36(2,3)4/h6-7,10,19H,5,8-9,11,13-17H2,1-4H3,(H,45,48)(H,42,43,44)/t19-,37+/m1/s1. The van der Waals surface area contributed by atoms with Crippen LogP contribution in [0.2, 0.25) is 5.02 Å². The number of thiophene rings is 1. The number of halogens is 3. The highest BCUT2D eigenvalue weighted by atomic mass is 35.5. The molecule has 16 heteroatoms. The van der Waals surface area contributed by atoms with Gasteiger partial charge in [-0.2, -0.15) is 15.2 Å². The van der Waals surface area contributed by atoms with Crippen LogP contribution < -0.4 is 15.4 Å². The number of fused-ring (bicyclic) bond motifs is 5. The van der Waals surface area contributed by atoms with Crippen LogP contribution in [0.25, 0.3) is 32.1 Å². The normalized spacial score (nSPS) is 19.8. The molecule has 1 amide bonds. The highest BCUT2D eigenvalue weighted by Gasteiger charge is 2.49. The first-order chi connectivity index (χ1) is 25.3. The zero-order valence-corrected chi connectivity index (χ0v) is 31.1. The number of hydrogen-bond donors (Lipinski definition) is 2. The van der Waals surface area contributed by atoms with E-state index in [0.29, 0.717) is 46.6 Å². The molecule has 276 valence electrons. The largest absolute Gasteiger partial charge is 0.461 e. The summed E-state index contributed by atoms with van der Waals surface area (Å²) in [5.41, 5.74) is 2.36. The van der Waals surface area contributed by atoms with Crippen LogP contribution in [0.4, 0.5) is 24.4 Å². The number of ether oxygens (including phenoxy) is 3. The molecule has 6 heterocycles. The van der Waals surface area contributed by atoms with Crippen LogP contribution in [0, 0.1) is 24.1 Å². The van der Waals surface area contributed by atoms with Gasteiger partial charge in [-0.1, -0.05) is 22.8 Å². The molecule has 2 N–H and O–H groups in total. The molecule has 53 heavy (non-hydrogen) atoms. The molecule has 8 rings (SSSR count). The molecule has 0 spiro atoms. The van der Waals surface area contributed by atoms with E-state index in [1.54, 1.807) is 26.8 Å². The Hall–Kier alpha value is -4.62. The minimum atomic E-state index is -0.929. The number of amides is 1. The first kappa shape index (κ1) is 35.4. The van der Waals surface area contributed by atoms with Gasteiger partial charge in [-0.25, -0.2) is 13.6 Å². The average molecular weight is 764 g/mol. The Bertz CT molecular complexity index is 2340. The number of anilines is 2. The van der Waals surface area contributed by atoms with E-state index in [4.69, 9.17) is 40.3 Å². The number of nitrogens with one attached hydrogen (secondary N) is 2. The Kier molecular flexibility index (Phi) is 8.92. The number of aromatic nitrogens is 3. The van der Waals surface area contributed by atoms with Crippen LogP contribution in [0.15, 0.2) is 22.7 Å². The van der Waals surface area contributed by atoms with E-state index in [0.717, 1.165) is 47.5 Å². The Labute approximate surface area is 312 Å². The summed E-state index contributed by atoms with van der Waals surface area (Å²) in [6.07, 6.45) is 0.430. The van der Waals surface area contributed by atoms with Gasteiger partial charge >= 0.3 is 12.1 Å². The van der Waals surface area contributed by atoms with E-state index < -0.39 is 29.2 Å². The first-order valence-corrected chi connectivity index (χ1v) is 18.5. The highest BCUT2D eigenvalue weighted by Crippen LogP contribution is 2.50. The van der Waals surface area contributed by atoms with Gasteiger partial charge in [-0.05, 0) is 69.8 Å². The lowest BCUT2D eigenvalue weighted by Gasteiger charge is -2.30. The summed E-state index contributed by atoms with van der Waals surface area (Å²) in [5, 5.41) is 21.6. The summed E-state index contributed by atoms with van der Waals surface area (Å²) in [6, 6.07) is 6.90. The van der Waals surface area contributed by atoms with Crippen molar-refractivity contribution in [2.75, 3.05) is 30.3 Å². The summed E-state index contributed by atoms with van der Waals surface area (Å²) < 4.78 is 53.5. The molecule has 2 saturated heterocycles. The van der Waals surface area contributed by atoms with Crippen LogP contribution in [0.1, 0.15) is 68.2 Å². The maximum absolute atomic E-state index is 15.5. The fourth-order valence-electron chi connectivity index (χ4n) is 7.77. The highest BCUT2D eigenvalue weighted by molar-refractivity contribution is 7.23. The third-order valence-corrected chi connectivity index (χ3v) is 11.4. The third kappa shape index (κ3) is 6.41. The monoisotopic (exact) mass is 763 g/mol. The molecule has 2 aromatic carbocycles. The Morgan fingerprint density at radius 1 is 1.25 bits per heavy atom. The molecule has 0 saturated carbocycles. The van der Waals surface area contributed by atoms with Gasteiger partial charge < -0.3 is 24.1 Å². The third-order valence-electron chi connectivity index (χ3n) is 9.90. The second-order valence-corrected chi connectivity index (χ2v) is 16.1. The zero-order chi connectivity index (χ0) is 37.2. The van der Waals surface area contributed by atoms with E-state index in [1.807, 2.05) is 13.0 Å². The zero-order valence-electron chi connectivity index (χ0n) is 29.5. The molecular weight excluding hydrogens is 728 g/mol. The molecule has 0 radical (unpaired) electrons. The van der Waals surface area contributed by atoms with Crippen LogP contribution in [-0.2, 0) is 29.2 Å². The maximum Gasteiger partial charge on any atom is 0.412 e. The number of nitriles is 1. The summed E-state index contributed by atoms with van der Waals surface area (Å²) in [6.45, 7) is 9.00. The molecule has 0 bridgehead atoms. The van der Waals surface area contributed by atoms with Crippen molar-refractivity contribution in [3.05, 3.63) is 57.2 Å². The van der Waals surface area contributed by atoms with Crippen molar-refractivity contribution in [2.24, 2.45) is 0 Å². The quantitative estimate of drug-likeness (QED) is 0.157. The smallest absolute Gasteiger partial charge is 0.412 e. The van der Waals surface area contributed by atoms with Gasteiger partial charge in [-0.15, -0.1) is 11.3 Å². The molecule has 3 aliphatic rings. The molecule has 3 aliphatic heterocycles. The van der Waals surface area contributed by atoms with Crippen LogP contribution >= 0.6 is 22.9 Å². The van der Waals surface area contributed by atoms with Crippen molar-refractivity contribution < 1.29 is 32.3 Å². The lowest BCUT2D eigenvalue weighted by atomic mass is 9.91. The lowest BCUT2D eigenvalue weighted by molar-refractivity contribution is 0.0636. The number of nitrogens with zero attached hydrogens (tertiary/aromatic N) is 5. The van der Waals surface area contributed by atoms with Gasteiger partial charge in [-0.3, -0.25) is 10.2 Å². The molecule has 0 aliphatic carbocycles. The van der Waals surface area contributed by atoms with E-state index >= 15 is 4.39 Å². The van der Waals surface area contributed by atoms with Crippen molar-refractivity contribution in [3.63, 3.8) is 0 Å². The van der Waals surface area contributed by atoms with Crippen molar-refractivity contribution in [3.8, 4) is 23.2 Å². The van der Waals surface area contributed by atoms with Gasteiger partial charge in [0.1, 0.15) is 41.1 Å². The van der Waals surface area contributed by atoms with Crippen LogP contribution in [0.3, 0.4) is 0 Å². The number of rotatable bonds is 8. The number of carbonyl (C=O) groups is 1. The van der Waals surface area contributed by atoms with E-state index in [-0.39, 0.29) is 58.0 Å². The molecule has 3 aromatic heterocycles. The van der Waals surface area contributed by atoms with Crippen molar-refractivity contribution in [1.29, 1.82) is 5.26 Å². The number of hydrogen-bond acceptors (Lipinski definition) is 12. The summed E-state index contributed by atoms with van der Waals surface area (Å²) in [5.74, 6) is 0.437. The predicted octanol–water partition coefficient (Wildman–Crippen LogP) is 8.42. The maximum atomic E-state index is 15.5. The molecule has 5 aromatic rings. The topological polar surface area (TPSA) is 148 Å². The molecule has 2 fully saturated rings. The number of carbonyl (C=O) groups excluding carboxylic acids is 1. The molecular formula is C37H36ClF2N7O5S. The van der Waals surface area contributed by atoms with Gasteiger partial charge in [0.25, 0.3) is 0 Å². The van der Waals surface area contributed by atoms with E-state index in [9.17, 15) is 14.4 Å². The predicted molar refractivity (Wildman–Crippen MR) is 196 cm³/mol. The Morgan fingerprint density at radius 3 is 2.81 bits per heavy atom. The lowest BCUT2D eigenvalue weighted by Crippen LogP contribution is -2.43. The molecule has 2 atom stereocenters. The number of aryl methyl sites for hydroxylation is 1. The van der Waals surface area contributed by atoms with Gasteiger partial charge in [0, 0.05) is 30.0 Å². The van der Waals surface area contributed by atoms with E-state index in [2.05, 4.69) is 26.8 Å². The van der Waals surface area contributed by atoms with Crippen molar-refractivity contribution in [1.82, 2.24) is 20.0 Å². The van der Waals surface area contributed by atoms with Crippen molar-refractivity contribution >= 4 is 60.8 Å². The van der Waals surface area contributed by atoms with E-state index in [1.165, 1.54) is 6.07 Å². The van der Waals surface area contributed by atoms with Crippen molar-refractivity contribution in [2.45, 2.75) is 84.0 Å². The second-order valence-electron chi connectivity index (χ2n) is 14.7. The second kappa shape index (κ2) is 13.3. The number of benzene rings is 2. The average Bonchev–Trinajstić information content (AvgIpc) is 3.92. The molecule has 0 unspecified atom stereocenters. The van der Waals surface area contributed by atoms with Crippen LogP contribution in [0.5, 0.6) is 6.01 Å². The minimum Gasteiger partial charge on any atom is -0.461 e. The SMILES string of the molecule is Cc1cc(CNc2nc(OC[C@@]34CCCN3C[C@H](F)C4)nc3c(Cl)c(-c4ccc(F)c5sc(NC(=O)OC(C)(C)C)c(C#N)c45)c4c(c23)COC4)on1. The fourth-order valence-corrected chi connectivity index (χ4v) is 9.19. The first-order valence-electron chi connectivity index (χ1n) is 17.3. The van der Waals surface area contributed by atoms with Crippen LogP contribution in [-0.4, -0.2) is 63.1 Å². The fraction of sp³-hybridized carbons (Fsp3) is 0.432. The Balaban J connectivity index is 1.28. The van der Waals surface area contributed by atoms with Gasteiger partial charge in [0.05, 0.1) is 57.2 Å². The summed E-state index contributed by atoms with van der Waals surface area (Å²) in [4.78, 5) is 24.6. The van der Waals surface area contributed by atoms with Gasteiger partial charge in [0.2, 0.25) is 0 Å². The minimum absolute atomic E-state index is 0.0466. The Morgan fingerprint density at radius 2 is 2.06 bits per heavy atom. The summed E-state index contributed by atoms with van der Waals surface area (Å²) >= 11 is 8.31. The number of alkyl halides is 1. The van der Waals surface area contributed by atoms with Gasteiger partial charge in [0.15, 0.2) is 5.76 Å². The molecule has 12 nitrogen and oxygen atoms in total. The summed E-state index contributed by atoms with van der Waals surface area (Å²) in [7, 11) is 0.